The van der Waals surface area contributed by atoms with Crippen molar-refractivity contribution in [2.75, 3.05) is 13.7 Å². The monoisotopic (exact) mass is 133 g/mol. The predicted octanol–water partition coefficient (Wildman–Crippen LogP) is 0.289. The van der Waals surface area contributed by atoms with Gasteiger partial charge in [0.2, 0.25) is 0 Å². The van der Waals surface area contributed by atoms with Crippen LogP contribution in [0.25, 0.3) is 0 Å². The Bertz CT molecular complexity index is 94.2. The third-order valence-electron chi connectivity index (χ3n) is 0.943. The van der Waals surface area contributed by atoms with Gasteiger partial charge in [0, 0.05) is 13.7 Å². The number of nitrogens with one attached hydrogen (secondary N) is 1. The summed E-state index contributed by atoms with van der Waals surface area (Å²) in [7, 11) is 1.54. The number of hydrogen-bond acceptors (Lipinski definition) is 2. The molecule has 54 valence electrons. The van der Waals surface area contributed by atoms with E-state index in [9.17, 15) is 4.79 Å². The first-order valence-electron chi connectivity index (χ1n) is 2.66. The minimum atomic E-state index is -1.01. The summed E-state index contributed by atoms with van der Waals surface area (Å²) < 4.78 is 4.77. The van der Waals surface area contributed by atoms with Crippen LogP contribution in [0.15, 0.2) is 0 Å². The van der Waals surface area contributed by atoms with Crippen molar-refractivity contribution in [2.45, 2.75) is 13.0 Å². The van der Waals surface area contributed by atoms with Crippen LogP contribution in [0.3, 0.4) is 0 Å². The van der Waals surface area contributed by atoms with Crippen molar-refractivity contribution >= 4 is 6.09 Å². The van der Waals surface area contributed by atoms with Gasteiger partial charge in [-0.3, -0.25) is 0 Å². The molecule has 4 nitrogen and oxygen atoms in total. The molecule has 0 aliphatic heterocycles. The number of carboxylic acid groups (broad SMARTS) is 1. The molecule has 0 saturated carbocycles. The Labute approximate surface area is 53.8 Å². The fourth-order valence-electron chi connectivity index (χ4n) is 0.314. The van der Waals surface area contributed by atoms with Crippen molar-refractivity contribution in [1.82, 2.24) is 5.32 Å². The topological polar surface area (TPSA) is 58.6 Å². The summed E-state index contributed by atoms with van der Waals surface area (Å²) in [5.74, 6) is 0. The van der Waals surface area contributed by atoms with Crippen LogP contribution in [0.4, 0.5) is 4.79 Å². The molecule has 0 aromatic heterocycles. The molecular formula is C5H11NO3. The standard InChI is InChI=1S/C5H11NO3/c1-4(9-2)3-6-5(7)8/h4,6H,3H2,1-2H3,(H,7,8)/t4-/m1/s1. The molecule has 0 fully saturated rings. The van der Waals surface area contributed by atoms with E-state index >= 15 is 0 Å². The Morgan fingerprint density at radius 1 is 1.89 bits per heavy atom. The summed E-state index contributed by atoms with van der Waals surface area (Å²) in [6, 6.07) is 0. The van der Waals surface area contributed by atoms with Gasteiger partial charge in [0.05, 0.1) is 6.10 Å². The van der Waals surface area contributed by atoms with Gasteiger partial charge in [-0.05, 0) is 6.92 Å². The quantitative estimate of drug-likeness (QED) is 0.581. The van der Waals surface area contributed by atoms with Gasteiger partial charge in [-0.1, -0.05) is 0 Å². The van der Waals surface area contributed by atoms with Gasteiger partial charge >= 0.3 is 6.09 Å². The average Bonchev–Trinajstić information content (AvgIpc) is 1.83. The number of ether oxygens (including phenoxy) is 1. The molecular weight excluding hydrogens is 122 g/mol. The zero-order valence-corrected chi connectivity index (χ0v) is 5.55. The molecule has 0 radical (unpaired) electrons. The zero-order chi connectivity index (χ0) is 7.28. The highest BCUT2D eigenvalue weighted by atomic mass is 16.5. The second-order valence-electron chi connectivity index (χ2n) is 1.73. The molecule has 0 aromatic rings. The molecule has 0 aromatic carbocycles. The summed E-state index contributed by atoms with van der Waals surface area (Å²) in [5, 5.41) is 10.3. The van der Waals surface area contributed by atoms with E-state index in [0.717, 1.165) is 0 Å². The van der Waals surface area contributed by atoms with Crippen LogP contribution in [0, 0.1) is 0 Å². The Hall–Kier alpha value is -0.770. The first-order valence-corrected chi connectivity index (χ1v) is 2.66. The van der Waals surface area contributed by atoms with E-state index in [4.69, 9.17) is 9.84 Å². The second kappa shape index (κ2) is 4.14. The lowest BCUT2D eigenvalue weighted by molar-refractivity contribution is 0.114. The zero-order valence-electron chi connectivity index (χ0n) is 5.55. The lowest BCUT2D eigenvalue weighted by Gasteiger charge is -2.07. The Kier molecular flexibility index (Phi) is 3.79. The fourth-order valence-corrected chi connectivity index (χ4v) is 0.314. The summed E-state index contributed by atoms with van der Waals surface area (Å²) in [5.41, 5.74) is 0. The van der Waals surface area contributed by atoms with E-state index in [1.165, 1.54) is 7.11 Å². The minimum absolute atomic E-state index is 0.0545. The van der Waals surface area contributed by atoms with Crippen molar-refractivity contribution < 1.29 is 14.6 Å². The van der Waals surface area contributed by atoms with Crippen LogP contribution < -0.4 is 5.32 Å². The molecule has 9 heavy (non-hydrogen) atoms. The largest absolute Gasteiger partial charge is 0.465 e. The second-order valence-corrected chi connectivity index (χ2v) is 1.73. The lowest BCUT2D eigenvalue weighted by atomic mass is 10.4. The number of carbonyl (C=O) groups is 1. The van der Waals surface area contributed by atoms with Crippen LogP contribution in [0.5, 0.6) is 0 Å². The maximum Gasteiger partial charge on any atom is 0.404 e. The van der Waals surface area contributed by atoms with E-state index in [1.54, 1.807) is 6.92 Å². The molecule has 1 amide bonds. The molecule has 0 saturated heterocycles. The molecule has 0 unspecified atom stereocenters. The molecule has 0 aliphatic rings. The molecule has 0 heterocycles. The Balaban J connectivity index is 3.16. The van der Waals surface area contributed by atoms with Crippen molar-refractivity contribution in [1.29, 1.82) is 0 Å². The van der Waals surface area contributed by atoms with Gasteiger partial charge in [-0.25, -0.2) is 4.79 Å². The van der Waals surface area contributed by atoms with Crippen molar-refractivity contribution in [3.8, 4) is 0 Å². The first-order chi connectivity index (χ1) is 4.16. The minimum Gasteiger partial charge on any atom is -0.465 e. The highest BCUT2D eigenvalue weighted by Crippen LogP contribution is 1.82. The number of hydrogen-bond donors (Lipinski definition) is 2. The first kappa shape index (κ1) is 8.23. The van der Waals surface area contributed by atoms with E-state index in [-0.39, 0.29) is 6.10 Å². The van der Waals surface area contributed by atoms with Crippen LogP contribution in [0.1, 0.15) is 6.92 Å². The SMILES string of the molecule is CO[C@H](C)CNC(=O)O. The molecule has 1 atom stereocenters. The number of amides is 1. The predicted molar refractivity (Wildman–Crippen MR) is 32.5 cm³/mol. The molecule has 0 aliphatic carbocycles. The van der Waals surface area contributed by atoms with Crippen LogP contribution >= 0.6 is 0 Å². The highest BCUT2D eigenvalue weighted by molar-refractivity contribution is 5.64. The van der Waals surface area contributed by atoms with Gasteiger partial charge in [0.1, 0.15) is 0 Å². The van der Waals surface area contributed by atoms with Crippen LogP contribution in [-0.4, -0.2) is 31.0 Å². The van der Waals surface area contributed by atoms with E-state index in [1.807, 2.05) is 0 Å². The van der Waals surface area contributed by atoms with Gasteiger partial charge in [0.15, 0.2) is 0 Å². The normalized spacial score (nSPS) is 12.7. The van der Waals surface area contributed by atoms with Crippen molar-refractivity contribution in [3.05, 3.63) is 0 Å². The highest BCUT2D eigenvalue weighted by Gasteiger charge is 1.99. The van der Waals surface area contributed by atoms with Gasteiger partial charge in [-0.2, -0.15) is 0 Å². The molecule has 2 N–H and O–H groups in total. The maximum atomic E-state index is 9.85. The van der Waals surface area contributed by atoms with Gasteiger partial charge < -0.3 is 15.2 Å². The molecule has 0 spiro atoms. The smallest absolute Gasteiger partial charge is 0.404 e. The number of rotatable bonds is 3. The molecule has 0 rings (SSSR count). The fraction of sp³-hybridized carbons (Fsp3) is 0.800. The van der Waals surface area contributed by atoms with E-state index in [0.29, 0.717) is 6.54 Å². The summed E-state index contributed by atoms with van der Waals surface area (Å²) in [6.07, 6.45) is -1.07. The average molecular weight is 133 g/mol. The summed E-state index contributed by atoms with van der Waals surface area (Å²) in [4.78, 5) is 9.85. The van der Waals surface area contributed by atoms with Crippen molar-refractivity contribution in [2.24, 2.45) is 0 Å². The van der Waals surface area contributed by atoms with Crippen LogP contribution in [0.2, 0.25) is 0 Å². The van der Waals surface area contributed by atoms with Gasteiger partial charge in [-0.15, -0.1) is 0 Å². The summed E-state index contributed by atoms with van der Waals surface area (Å²) in [6.45, 7) is 2.13. The van der Waals surface area contributed by atoms with E-state index in [2.05, 4.69) is 5.32 Å². The van der Waals surface area contributed by atoms with Crippen molar-refractivity contribution in [3.63, 3.8) is 0 Å². The Morgan fingerprint density at radius 2 is 2.44 bits per heavy atom. The third kappa shape index (κ3) is 5.10. The summed E-state index contributed by atoms with van der Waals surface area (Å²) >= 11 is 0. The van der Waals surface area contributed by atoms with E-state index < -0.39 is 6.09 Å². The Morgan fingerprint density at radius 3 is 2.78 bits per heavy atom. The molecule has 0 bridgehead atoms. The molecule has 4 heteroatoms. The maximum absolute atomic E-state index is 9.85. The van der Waals surface area contributed by atoms with Crippen LogP contribution in [-0.2, 0) is 4.74 Å². The van der Waals surface area contributed by atoms with Gasteiger partial charge in [0.25, 0.3) is 0 Å². The lowest BCUT2D eigenvalue weighted by Crippen LogP contribution is -2.29. The number of methoxy groups -OCH3 is 1. The third-order valence-corrected chi connectivity index (χ3v) is 0.943.